The van der Waals surface area contributed by atoms with Gasteiger partial charge < -0.3 is 9.47 Å². The van der Waals surface area contributed by atoms with Gasteiger partial charge in [-0.1, -0.05) is 20.4 Å². The Morgan fingerprint density at radius 2 is 1.59 bits per heavy atom. The van der Waals surface area contributed by atoms with E-state index in [0.717, 1.165) is 16.8 Å². The third-order valence-corrected chi connectivity index (χ3v) is 2.13. The molecule has 94 valence electrons. The van der Waals surface area contributed by atoms with Crippen LogP contribution in [-0.2, 0) is 0 Å². The molecule has 1 aromatic rings. The van der Waals surface area contributed by atoms with E-state index in [9.17, 15) is 0 Å². The van der Waals surface area contributed by atoms with E-state index >= 15 is 0 Å². The van der Waals surface area contributed by atoms with Gasteiger partial charge in [-0.3, -0.25) is 4.99 Å². The molecule has 0 bridgehead atoms. The summed E-state index contributed by atoms with van der Waals surface area (Å²) in [5.41, 5.74) is 2.58. The van der Waals surface area contributed by atoms with E-state index in [2.05, 4.69) is 18.3 Å². The maximum absolute atomic E-state index is 5.20. The Hall–Kier alpha value is -1.77. The van der Waals surface area contributed by atoms with Crippen LogP contribution in [0, 0.1) is 0 Å². The number of hydrogen-bond acceptors (Lipinski definition) is 3. The van der Waals surface area contributed by atoms with Gasteiger partial charge in [-0.05, 0) is 25.3 Å². The van der Waals surface area contributed by atoms with Crippen LogP contribution in [0.1, 0.15) is 26.3 Å². The summed E-state index contributed by atoms with van der Waals surface area (Å²) in [5, 5.41) is 0. The number of benzene rings is 1. The third kappa shape index (κ3) is 3.63. The van der Waals surface area contributed by atoms with Crippen LogP contribution in [-0.4, -0.2) is 20.9 Å². The Bertz CT molecular complexity index is 397. The highest BCUT2D eigenvalue weighted by atomic mass is 16.5. The molecule has 0 spiro atoms. The highest BCUT2D eigenvalue weighted by Gasteiger charge is 2.10. The predicted molar refractivity (Wildman–Crippen MR) is 74.8 cm³/mol. The van der Waals surface area contributed by atoms with Crippen molar-refractivity contribution in [3.05, 3.63) is 24.3 Å². The summed E-state index contributed by atoms with van der Waals surface area (Å²) in [6.07, 6.45) is 0. The highest BCUT2D eigenvalue weighted by Crippen LogP contribution is 2.37. The fraction of sp³-hybridized carbons (Fsp3) is 0.357. The van der Waals surface area contributed by atoms with E-state index in [1.54, 1.807) is 20.3 Å². The molecule has 0 aliphatic carbocycles. The largest absolute Gasteiger partial charge is 0.493 e. The van der Waals surface area contributed by atoms with Gasteiger partial charge in [0.2, 0.25) is 0 Å². The van der Waals surface area contributed by atoms with E-state index in [4.69, 9.17) is 9.47 Å². The lowest BCUT2D eigenvalue weighted by molar-refractivity contribution is 0.355. The molecule has 0 fully saturated rings. The van der Waals surface area contributed by atoms with Crippen LogP contribution in [0.3, 0.4) is 0 Å². The summed E-state index contributed by atoms with van der Waals surface area (Å²) in [6, 6.07) is 3.64. The monoisotopic (exact) mass is 235 g/mol. The van der Waals surface area contributed by atoms with Gasteiger partial charge in [-0.2, -0.15) is 0 Å². The summed E-state index contributed by atoms with van der Waals surface area (Å²) in [6.45, 7) is 13.3. The average Bonchev–Trinajstić information content (AvgIpc) is 2.39. The Balaban J connectivity index is 0.00000121. The van der Waals surface area contributed by atoms with Gasteiger partial charge in [0.1, 0.15) is 0 Å². The summed E-state index contributed by atoms with van der Waals surface area (Å²) in [5.74, 6) is 1.31. The molecule has 0 aromatic heterocycles. The van der Waals surface area contributed by atoms with Crippen LogP contribution >= 0.6 is 0 Å². The zero-order valence-corrected chi connectivity index (χ0v) is 11.3. The van der Waals surface area contributed by atoms with Crippen LogP contribution in [0.15, 0.2) is 23.7 Å². The maximum Gasteiger partial charge on any atom is 0.162 e. The van der Waals surface area contributed by atoms with Gasteiger partial charge in [-0.25, -0.2) is 0 Å². The molecule has 1 rings (SSSR count). The molecule has 3 heteroatoms. The van der Waals surface area contributed by atoms with Crippen LogP contribution < -0.4 is 9.47 Å². The zero-order chi connectivity index (χ0) is 13.4. The molecule has 0 radical (unpaired) electrons. The van der Waals surface area contributed by atoms with Gasteiger partial charge in [0.25, 0.3) is 0 Å². The number of nitrogens with zero attached hydrogens (tertiary/aromatic N) is 1. The van der Waals surface area contributed by atoms with Crippen LogP contribution in [0.4, 0.5) is 5.69 Å². The lowest BCUT2D eigenvalue weighted by atomic mass is 10.1. The number of ether oxygens (including phenoxy) is 2. The minimum atomic E-state index is 0.643. The predicted octanol–water partition coefficient (Wildman–Crippen LogP) is 4.10. The quantitative estimate of drug-likeness (QED) is 0.736. The molecule has 0 N–H and O–H groups in total. The van der Waals surface area contributed by atoms with Crippen molar-refractivity contribution >= 4 is 18.0 Å². The van der Waals surface area contributed by atoms with Crippen LogP contribution in [0.2, 0.25) is 0 Å². The van der Waals surface area contributed by atoms with E-state index < -0.39 is 0 Å². The van der Waals surface area contributed by atoms with Crippen molar-refractivity contribution in [1.29, 1.82) is 0 Å². The van der Waals surface area contributed by atoms with Crippen LogP contribution in [0.25, 0.3) is 5.57 Å². The first kappa shape index (κ1) is 15.2. The normalized spacial score (nSPS) is 8.76. The molecular formula is C14H21NO2. The minimum Gasteiger partial charge on any atom is -0.493 e. The topological polar surface area (TPSA) is 30.8 Å². The number of aliphatic imine (C=N–C) groups is 1. The Morgan fingerprint density at radius 3 is 1.94 bits per heavy atom. The molecule has 0 saturated carbocycles. The first-order valence-electron chi connectivity index (χ1n) is 5.52. The smallest absolute Gasteiger partial charge is 0.162 e. The van der Waals surface area contributed by atoms with Crippen molar-refractivity contribution in [1.82, 2.24) is 0 Å². The van der Waals surface area contributed by atoms with Crippen LogP contribution in [0.5, 0.6) is 11.5 Å². The Morgan fingerprint density at radius 1 is 1.12 bits per heavy atom. The Kier molecular flexibility index (Phi) is 6.71. The number of hydrogen-bond donors (Lipinski definition) is 0. The SMILES string of the molecule is C=Nc1cc(OC)c(OC)cc1C(=C)C.CC. The number of rotatable bonds is 4. The summed E-state index contributed by atoms with van der Waals surface area (Å²) < 4.78 is 10.4. The summed E-state index contributed by atoms with van der Waals surface area (Å²) in [7, 11) is 3.19. The number of methoxy groups -OCH3 is 2. The van der Waals surface area contributed by atoms with Gasteiger partial charge >= 0.3 is 0 Å². The second-order valence-electron chi connectivity index (χ2n) is 3.16. The lowest BCUT2D eigenvalue weighted by Crippen LogP contribution is -1.92. The van der Waals surface area contributed by atoms with Gasteiger partial charge in [0.05, 0.1) is 19.9 Å². The molecule has 3 nitrogen and oxygen atoms in total. The second-order valence-corrected chi connectivity index (χ2v) is 3.16. The zero-order valence-electron chi connectivity index (χ0n) is 11.3. The first-order chi connectivity index (χ1) is 8.13. The molecule has 0 saturated heterocycles. The number of allylic oxidation sites excluding steroid dienone is 1. The molecule has 0 amide bonds. The van der Waals surface area contributed by atoms with E-state index in [-0.39, 0.29) is 0 Å². The van der Waals surface area contributed by atoms with Gasteiger partial charge in [0.15, 0.2) is 11.5 Å². The van der Waals surface area contributed by atoms with Crippen molar-refractivity contribution in [2.24, 2.45) is 4.99 Å². The standard InChI is InChI=1S/C12H15NO2.C2H6/c1-8(2)9-6-11(14-4)12(15-5)7-10(9)13-3;1-2/h6-7H,1,3H2,2,4-5H3;1-2H3. The average molecular weight is 235 g/mol. The third-order valence-electron chi connectivity index (χ3n) is 2.13. The molecule has 0 atom stereocenters. The van der Waals surface area contributed by atoms with E-state index in [1.165, 1.54) is 0 Å². The fourth-order valence-corrected chi connectivity index (χ4v) is 1.34. The first-order valence-corrected chi connectivity index (χ1v) is 5.52. The van der Waals surface area contributed by atoms with E-state index in [1.807, 2.05) is 26.8 Å². The van der Waals surface area contributed by atoms with Crippen molar-refractivity contribution in [2.75, 3.05) is 14.2 Å². The fourth-order valence-electron chi connectivity index (χ4n) is 1.34. The summed E-state index contributed by atoms with van der Waals surface area (Å²) in [4.78, 5) is 3.93. The van der Waals surface area contributed by atoms with Gasteiger partial charge in [0, 0.05) is 11.6 Å². The highest BCUT2D eigenvalue weighted by molar-refractivity contribution is 5.76. The van der Waals surface area contributed by atoms with Crippen molar-refractivity contribution in [3.8, 4) is 11.5 Å². The van der Waals surface area contributed by atoms with Gasteiger partial charge in [-0.15, -0.1) is 0 Å². The molecule has 0 heterocycles. The molecule has 0 unspecified atom stereocenters. The minimum absolute atomic E-state index is 0.643. The molecule has 0 aliphatic heterocycles. The second kappa shape index (κ2) is 7.49. The molecule has 0 aliphatic rings. The summed E-state index contributed by atoms with van der Waals surface area (Å²) >= 11 is 0. The van der Waals surface area contributed by atoms with Crippen molar-refractivity contribution in [2.45, 2.75) is 20.8 Å². The van der Waals surface area contributed by atoms with Crippen molar-refractivity contribution in [3.63, 3.8) is 0 Å². The van der Waals surface area contributed by atoms with E-state index in [0.29, 0.717) is 11.5 Å². The van der Waals surface area contributed by atoms with Crippen molar-refractivity contribution < 1.29 is 9.47 Å². The molecule has 17 heavy (non-hydrogen) atoms. The Labute approximate surface area is 104 Å². The molecule has 1 aromatic carbocycles. The lowest BCUT2D eigenvalue weighted by Gasteiger charge is -2.12. The molecular weight excluding hydrogens is 214 g/mol. The maximum atomic E-state index is 5.20.